The Morgan fingerprint density at radius 3 is 2.35 bits per heavy atom. The molecule has 0 amide bonds. The quantitative estimate of drug-likeness (QED) is 0.542. The zero-order chi connectivity index (χ0) is 12.5. The van der Waals surface area contributed by atoms with E-state index in [0.717, 1.165) is 6.42 Å². The van der Waals surface area contributed by atoms with Gasteiger partial charge in [0.25, 0.3) is 0 Å². The number of ether oxygens (including phenoxy) is 1. The Kier molecular flexibility index (Phi) is 4.25. The minimum atomic E-state index is -2.53. The van der Waals surface area contributed by atoms with Gasteiger partial charge < -0.3 is 18.0 Å². The summed E-state index contributed by atoms with van der Waals surface area (Å²) in [5.74, 6) is 0.547. The molecular weight excluding hydrogens is 236 g/mol. The molecule has 4 atom stereocenters. The van der Waals surface area contributed by atoms with Gasteiger partial charge in [-0.05, 0) is 25.2 Å². The van der Waals surface area contributed by atoms with Crippen LogP contribution >= 0.6 is 0 Å². The molecule has 1 aliphatic heterocycles. The van der Waals surface area contributed by atoms with Gasteiger partial charge in [-0.1, -0.05) is 13.3 Å². The molecule has 1 saturated heterocycles. The normalized spacial score (nSPS) is 34.2. The number of epoxide rings is 1. The summed E-state index contributed by atoms with van der Waals surface area (Å²) in [6.45, 7) is 2.19. The summed E-state index contributed by atoms with van der Waals surface area (Å²) in [6, 6.07) is 0. The van der Waals surface area contributed by atoms with Crippen LogP contribution in [0.25, 0.3) is 0 Å². The van der Waals surface area contributed by atoms with Crippen LogP contribution in [0.5, 0.6) is 0 Å². The molecule has 0 aromatic heterocycles. The predicted molar refractivity (Wildman–Crippen MR) is 66.8 cm³/mol. The summed E-state index contributed by atoms with van der Waals surface area (Å²) in [5.41, 5.74) is 0.359. The second kappa shape index (κ2) is 5.36. The zero-order valence-electron chi connectivity index (χ0n) is 11.3. The highest BCUT2D eigenvalue weighted by Gasteiger charge is 2.58. The third kappa shape index (κ3) is 2.31. The lowest BCUT2D eigenvalue weighted by atomic mass is 9.86. The average Bonchev–Trinajstić information content (AvgIpc) is 3.15. The Labute approximate surface area is 105 Å². The first-order chi connectivity index (χ1) is 8.22. The fourth-order valence-electron chi connectivity index (χ4n) is 3.43. The molecule has 1 aliphatic carbocycles. The minimum Gasteiger partial charge on any atom is -0.377 e. The molecule has 2 aliphatic rings. The van der Waals surface area contributed by atoms with Gasteiger partial charge in [0, 0.05) is 26.9 Å². The lowest BCUT2D eigenvalue weighted by molar-refractivity contribution is 0.0940. The predicted octanol–water partition coefficient (Wildman–Crippen LogP) is 2.21. The Balaban J connectivity index is 2.13. The van der Waals surface area contributed by atoms with Crippen LogP contribution in [-0.4, -0.2) is 42.3 Å². The van der Waals surface area contributed by atoms with Gasteiger partial charge in [-0.2, -0.15) is 0 Å². The van der Waals surface area contributed by atoms with E-state index in [1.165, 1.54) is 19.3 Å². The Bertz CT molecular complexity index is 249. The molecule has 4 nitrogen and oxygen atoms in total. The van der Waals surface area contributed by atoms with Crippen molar-refractivity contribution in [2.75, 3.05) is 21.3 Å². The highest BCUT2D eigenvalue weighted by molar-refractivity contribution is 6.62. The molecule has 1 saturated carbocycles. The zero-order valence-corrected chi connectivity index (χ0v) is 12.3. The smallest absolute Gasteiger partial charge is 0.377 e. The van der Waals surface area contributed by atoms with Crippen molar-refractivity contribution in [1.82, 2.24) is 0 Å². The Morgan fingerprint density at radius 1 is 1.18 bits per heavy atom. The number of rotatable bonds is 6. The molecule has 0 radical (unpaired) electrons. The van der Waals surface area contributed by atoms with Crippen molar-refractivity contribution in [3.8, 4) is 0 Å². The van der Waals surface area contributed by atoms with Gasteiger partial charge in [0.05, 0.1) is 12.2 Å². The average molecular weight is 260 g/mol. The lowest BCUT2D eigenvalue weighted by Gasteiger charge is -2.37. The van der Waals surface area contributed by atoms with Crippen molar-refractivity contribution in [3.63, 3.8) is 0 Å². The molecule has 0 aromatic rings. The van der Waals surface area contributed by atoms with Crippen LogP contribution in [0, 0.1) is 5.92 Å². The largest absolute Gasteiger partial charge is 0.503 e. The fourth-order valence-corrected chi connectivity index (χ4v) is 6.22. The van der Waals surface area contributed by atoms with Gasteiger partial charge in [0.2, 0.25) is 0 Å². The fraction of sp³-hybridized carbons (Fsp3) is 1.00. The standard InChI is InChI=1S/C12H24O4Si/c1-5-11(17(13-2,14-3)15-4)9-7-6-8-10-12(9)16-10/h9-12H,5-8H2,1-4H3. The number of hydrogen-bond acceptors (Lipinski definition) is 4. The molecule has 0 N–H and O–H groups in total. The van der Waals surface area contributed by atoms with E-state index in [1.54, 1.807) is 21.3 Å². The molecule has 5 heteroatoms. The molecule has 0 aromatic carbocycles. The second-order valence-corrected chi connectivity index (χ2v) is 8.14. The summed E-state index contributed by atoms with van der Waals surface area (Å²) >= 11 is 0. The van der Waals surface area contributed by atoms with E-state index in [4.69, 9.17) is 18.0 Å². The van der Waals surface area contributed by atoms with Crippen LogP contribution < -0.4 is 0 Å². The third-order valence-corrected chi connectivity index (χ3v) is 7.79. The number of hydrogen-bond donors (Lipinski definition) is 0. The van der Waals surface area contributed by atoms with Crippen molar-refractivity contribution in [2.45, 2.75) is 50.4 Å². The monoisotopic (exact) mass is 260 g/mol. The van der Waals surface area contributed by atoms with E-state index in [1.807, 2.05) is 0 Å². The van der Waals surface area contributed by atoms with Crippen LogP contribution in [0.2, 0.25) is 5.54 Å². The van der Waals surface area contributed by atoms with Crippen LogP contribution in [0.3, 0.4) is 0 Å². The molecule has 0 bridgehead atoms. The highest BCUT2D eigenvalue weighted by Crippen LogP contribution is 2.50. The van der Waals surface area contributed by atoms with E-state index >= 15 is 0 Å². The van der Waals surface area contributed by atoms with Crippen molar-refractivity contribution < 1.29 is 18.0 Å². The topological polar surface area (TPSA) is 40.2 Å². The third-order valence-electron chi connectivity index (χ3n) is 4.33. The first-order valence-corrected chi connectivity index (χ1v) is 8.33. The Hall–Kier alpha value is 0.0569. The summed E-state index contributed by atoms with van der Waals surface area (Å²) in [4.78, 5) is 0. The summed E-state index contributed by atoms with van der Waals surface area (Å²) < 4.78 is 22.7. The maximum Gasteiger partial charge on any atom is 0.503 e. The number of fused-ring (bicyclic) bond motifs is 1. The second-order valence-electron chi connectivity index (χ2n) is 4.96. The summed E-state index contributed by atoms with van der Waals surface area (Å²) in [5, 5.41) is 0. The minimum absolute atomic E-state index is 0.359. The van der Waals surface area contributed by atoms with Gasteiger partial charge in [-0.3, -0.25) is 0 Å². The van der Waals surface area contributed by atoms with E-state index in [2.05, 4.69) is 6.92 Å². The molecule has 4 unspecified atom stereocenters. The molecule has 17 heavy (non-hydrogen) atoms. The maximum absolute atomic E-state index is 5.76. The summed E-state index contributed by atoms with van der Waals surface area (Å²) in [7, 11) is 2.58. The first kappa shape index (κ1) is 13.5. The van der Waals surface area contributed by atoms with E-state index in [-0.39, 0.29) is 0 Å². The van der Waals surface area contributed by atoms with Gasteiger partial charge in [0.1, 0.15) is 0 Å². The van der Waals surface area contributed by atoms with E-state index in [9.17, 15) is 0 Å². The summed E-state index contributed by atoms with van der Waals surface area (Å²) in [6.07, 6.45) is 5.65. The van der Waals surface area contributed by atoms with Crippen molar-refractivity contribution in [3.05, 3.63) is 0 Å². The van der Waals surface area contributed by atoms with Gasteiger partial charge >= 0.3 is 8.80 Å². The molecule has 0 spiro atoms. The Morgan fingerprint density at radius 2 is 1.82 bits per heavy atom. The van der Waals surface area contributed by atoms with Gasteiger partial charge in [-0.15, -0.1) is 0 Å². The molecule has 1 heterocycles. The molecule has 2 rings (SSSR count). The van der Waals surface area contributed by atoms with E-state index < -0.39 is 8.80 Å². The molecular formula is C12H24O4Si. The highest BCUT2D eigenvalue weighted by atomic mass is 28.4. The van der Waals surface area contributed by atoms with Crippen molar-refractivity contribution in [2.24, 2.45) is 5.92 Å². The van der Waals surface area contributed by atoms with Crippen LogP contribution in [0.1, 0.15) is 32.6 Å². The van der Waals surface area contributed by atoms with Crippen LogP contribution in [-0.2, 0) is 18.0 Å². The molecule has 2 fully saturated rings. The lowest BCUT2D eigenvalue weighted by Crippen LogP contribution is -2.51. The van der Waals surface area contributed by atoms with Gasteiger partial charge in [0.15, 0.2) is 0 Å². The van der Waals surface area contributed by atoms with Crippen molar-refractivity contribution in [1.29, 1.82) is 0 Å². The maximum atomic E-state index is 5.76. The van der Waals surface area contributed by atoms with Gasteiger partial charge in [-0.25, -0.2) is 0 Å². The SMILES string of the molecule is CCC(C1CCCC2OC21)[Si](OC)(OC)OC. The molecule has 100 valence electrons. The van der Waals surface area contributed by atoms with Crippen LogP contribution in [0.15, 0.2) is 0 Å². The first-order valence-electron chi connectivity index (χ1n) is 6.53. The van der Waals surface area contributed by atoms with E-state index in [0.29, 0.717) is 23.7 Å². The van der Waals surface area contributed by atoms with Crippen molar-refractivity contribution >= 4 is 8.80 Å². The van der Waals surface area contributed by atoms with Crippen LogP contribution in [0.4, 0.5) is 0 Å².